The summed E-state index contributed by atoms with van der Waals surface area (Å²) >= 11 is 2.62. The third kappa shape index (κ3) is 8.59. The summed E-state index contributed by atoms with van der Waals surface area (Å²) in [4.78, 5) is 40.8. The van der Waals surface area contributed by atoms with E-state index in [2.05, 4.69) is 15.6 Å². The minimum absolute atomic E-state index is 0.0796. The van der Waals surface area contributed by atoms with Crippen LogP contribution in [0, 0.1) is 0 Å². The molecule has 0 radical (unpaired) electrons. The van der Waals surface area contributed by atoms with Crippen molar-refractivity contribution in [3.8, 4) is 5.75 Å². The number of aromatic nitrogens is 1. The highest BCUT2D eigenvalue weighted by molar-refractivity contribution is 8.00. The maximum atomic E-state index is 12.2. The second-order valence-electron chi connectivity index (χ2n) is 6.64. The molecule has 0 aliphatic carbocycles. The van der Waals surface area contributed by atoms with Crippen molar-refractivity contribution in [1.82, 2.24) is 4.98 Å². The number of rotatable bonds is 11. The topological polar surface area (TPSA) is 107 Å². The lowest BCUT2D eigenvalue weighted by molar-refractivity contribution is -0.142. The number of carbonyl (C=O) groups is 3. The zero-order chi connectivity index (χ0) is 23.5. The van der Waals surface area contributed by atoms with E-state index >= 15 is 0 Å². The molecule has 0 spiro atoms. The third-order valence-corrected chi connectivity index (χ3v) is 5.87. The number of benzene rings is 2. The first-order chi connectivity index (χ1) is 16.0. The van der Waals surface area contributed by atoms with Gasteiger partial charge in [0.1, 0.15) is 5.75 Å². The normalized spacial score (nSPS) is 10.3. The van der Waals surface area contributed by atoms with E-state index in [0.717, 1.165) is 4.90 Å². The van der Waals surface area contributed by atoms with Gasteiger partial charge in [-0.3, -0.25) is 14.4 Å². The van der Waals surface area contributed by atoms with E-state index in [-0.39, 0.29) is 36.6 Å². The Hall–Kier alpha value is -3.37. The number of hydrogen-bond donors (Lipinski definition) is 2. The molecule has 0 aliphatic heterocycles. The number of amides is 2. The van der Waals surface area contributed by atoms with Crippen LogP contribution in [0.3, 0.4) is 0 Å². The van der Waals surface area contributed by atoms with E-state index in [1.807, 2.05) is 30.3 Å². The molecule has 3 rings (SSSR count). The molecule has 2 aromatic carbocycles. The fourth-order valence-corrected chi connectivity index (χ4v) is 4.03. The molecule has 1 aromatic heterocycles. The van der Waals surface area contributed by atoms with Gasteiger partial charge in [0.2, 0.25) is 5.91 Å². The van der Waals surface area contributed by atoms with Crippen molar-refractivity contribution in [2.24, 2.45) is 0 Å². The number of hydrogen-bond acceptors (Lipinski definition) is 8. The van der Waals surface area contributed by atoms with E-state index in [0.29, 0.717) is 28.9 Å². The number of ether oxygens (including phenoxy) is 2. The average molecular weight is 486 g/mol. The summed E-state index contributed by atoms with van der Waals surface area (Å²) in [5, 5.41) is 7.66. The Kier molecular flexibility index (Phi) is 9.28. The summed E-state index contributed by atoms with van der Waals surface area (Å²) < 4.78 is 10.3. The van der Waals surface area contributed by atoms with Crippen molar-refractivity contribution in [1.29, 1.82) is 0 Å². The summed E-state index contributed by atoms with van der Waals surface area (Å²) in [5.41, 5.74) is 1.20. The summed E-state index contributed by atoms with van der Waals surface area (Å²) in [6, 6.07) is 16.3. The van der Waals surface area contributed by atoms with Crippen LogP contribution in [-0.4, -0.2) is 41.7 Å². The first-order valence-corrected chi connectivity index (χ1v) is 12.0. The third-order valence-electron chi connectivity index (χ3n) is 4.05. The van der Waals surface area contributed by atoms with Crippen LogP contribution in [0.15, 0.2) is 64.9 Å². The number of para-hydroxylation sites is 1. The lowest BCUT2D eigenvalue weighted by Gasteiger charge is -2.08. The van der Waals surface area contributed by atoms with Crippen molar-refractivity contribution in [3.05, 3.63) is 65.7 Å². The SMILES string of the molecule is CCOC(=O)Cc1csc(NC(=O)CSc2ccc(NC(=O)COc3ccccc3)cc2)n1. The van der Waals surface area contributed by atoms with E-state index in [9.17, 15) is 14.4 Å². The van der Waals surface area contributed by atoms with Crippen LogP contribution in [0.1, 0.15) is 12.6 Å². The van der Waals surface area contributed by atoms with Crippen molar-refractivity contribution >= 4 is 51.7 Å². The number of nitrogens with one attached hydrogen (secondary N) is 2. The van der Waals surface area contributed by atoms with Gasteiger partial charge in [0, 0.05) is 16.0 Å². The predicted octanol–water partition coefficient (Wildman–Crippen LogP) is 4.00. The Morgan fingerprint density at radius 3 is 2.48 bits per heavy atom. The first-order valence-electron chi connectivity index (χ1n) is 10.1. The predicted molar refractivity (Wildman–Crippen MR) is 129 cm³/mol. The Balaban J connectivity index is 1.39. The van der Waals surface area contributed by atoms with Gasteiger partial charge in [-0.2, -0.15) is 0 Å². The zero-order valence-corrected chi connectivity index (χ0v) is 19.5. The highest BCUT2D eigenvalue weighted by Crippen LogP contribution is 2.22. The Morgan fingerprint density at radius 1 is 1.00 bits per heavy atom. The minimum Gasteiger partial charge on any atom is -0.484 e. The van der Waals surface area contributed by atoms with E-state index in [1.165, 1.54) is 23.1 Å². The molecule has 0 saturated carbocycles. The number of thioether (sulfide) groups is 1. The molecule has 2 N–H and O–H groups in total. The van der Waals surface area contributed by atoms with Gasteiger partial charge in [-0.05, 0) is 43.3 Å². The standard InChI is InChI=1S/C23H23N3O5S2/c1-2-30-22(29)12-17-14-33-23(25-17)26-21(28)15-32-19-10-8-16(9-11-19)24-20(27)13-31-18-6-4-3-5-7-18/h3-11,14H,2,12-13,15H2,1H3,(H,24,27)(H,25,26,28). The van der Waals surface area contributed by atoms with Gasteiger partial charge in [0.25, 0.3) is 5.91 Å². The molecular formula is C23H23N3O5S2. The Labute approximate surface area is 199 Å². The van der Waals surface area contributed by atoms with E-state index in [4.69, 9.17) is 9.47 Å². The van der Waals surface area contributed by atoms with Crippen molar-refractivity contribution in [2.45, 2.75) is 18.2 Å². The van der Waals surface area contributed by atoms with Gasteiger partial charge < -0.3 is 20.1 Å². The highest BCUT2D eigenvalue weighted by Gasteiger charge is 2.11. The molecular weight excluding hydrogens is 462 g/mol. The largest absolute Gasteiger partial charge is 0.484 e. The van der Waals surface area contributed by atoms with Crippen LogP contribution < -0.4 is 15.4 Å². The fourth-order valence-electron chi connectivity index (χ4n) is 2.61. The molecule has 0 bridgehead atoms. The van der Waals surface area contributed by atoms with Crippen molar-refractivity contribution in [2.75, 3.05) is 29.6 Å². The van der Waals surface area contributed by atoms with E-state index in [1.54, 1.807) is 36.6 Å². The van der Waals surface area contributed by atoms with Crippen molar-refractivity contribution in [3.63, 3.8) is 0 Å². The quantitative estimate of drug-likeness (QED) is 0.312. The lowest BCUT2D eigenvalue weighted by Crippen LogP contribution is -2.20. The summed E-state index contributed by atoms with van der Waals surface area (Å²) in [6.07, 6.45) is 0.0796. The molecule has 10 heteroatoms. The second-order valence-corrected chi connectivity index (χ2v) is 8.54. The average Bonchev–Trinajstić information content (AvgIpc) is 3.24. The first kappa shape index (κ1) is 24.3. The zero-order valence-electron chi connectivity index (χ0n) is 17.9. The summed E-state index contributed by atoms with van der Waals surface area (Å²) in [5.74, 6) is 0.0192. The molecule has 0 fully saturated rings. The van der Waals surface area contributed by atoms with Gasteiger partial charge in [-0.25, -0.2) is 4.98 Å². The molecule has 33 heavy (non-hydrogen) atoms. The van der Waals surface area contributed by atoms with Crippen LogP contribution >= 0.6 is 23.1 Å². The molecule has 2 amide bonds. The van der Waals surface area contributed by atoms with Crippen LogP contribution in [0.5, 0.6) is 5.75 Å². The molecule has 0 unspecified atom stereocenters. The summed E-state index contributed by atoms with van der Waals surface area (Å²) in [7, 11) is 0. The fraction of sp³-hybridized carbons (Fsp3) is 0.217. The van der Waals surface area contributed by atoms with E-state index < -0.39 is 0 Å². The number of anilines is 2. The van der Waals surface area contributed by atoms with Crippen LogP contribution in [0.2, 0.25) is 0 Å². The van der Waals surface area contributed by atoms with Gasteiger partial charge >= 0.3 is 5.97 Å². The second kappa shape index (κ2) is 12.6. The maximum absolute atomic E-state index is 12.2. The van der Waals surface area contributed by atoms with Crippen molar-refractivity contribution < 1.29 is 23.9 Å². The van der Waals surface area contributed by atoms with Gasteiger partial charge in [0.05, 0.1) is 24.5 Å². The number of esters is 1. The maximum Gasteiger partial charge on any atom is 0.311 e. The van der Waals surface area contributed by atoms with Crippen LogP contribution in [-0.2, 0) is 25.5 Å². The monoisotopic (exact) mass is 485 g/mol. The highest BCUT2D eigenvalue weighted by atomic mass is 32.2. The molecule has 0 aliphatic rings. The van der Waals surface area contributed by atoms with Crippen LogP contribution in [0.4, 0.5) is 10.8 Å². The van der Waals surface area contributed by atoms with Gasteiger partial charge in [-0.15, -0.1) is 23.1 Å². The summed E-state index contributed by atoms with van der Waals surface area (Å²) in [6.45, 7) is 1.98. The molecule has 1 heterocycles. The minimum atomic E-state index is -0.348. The number of nitrogens with zero attached hydrogens (tertiary/aromatic N) is 1. The number of carbonyl (C=O) groups excluding carboxylic acids is 3. The van der Waals surface area contributed by atoms with Gasteiger partial charge in [-0.1, -0.05) is 18.2 Å². The van der Waals surface area contributed by atoms with Gasteiger partial charge in [0.15, 0.2) is 11.7 Å². The molecule has 172 valence electrons. The molecule has 0 atom stereocenters. The smallest absolute Gasteiger partial charge is 0.311 e. The number of thiazole rings is 1. The van der Waals surface area contributed by atoms with Crippen LogP contribution in [0.25, 0.3) is 0 Å². The Morgan fingerprint density at radius 2 is 1.76 bits per heavy atom. The molecule has 3 aromatic rings. The lowest BCUT2D eigenvalue weighted by atomic mass is 10.3. The molecule has 8 nitrogen and oxygen atoms in total. The Bertz CT molecular complexity index is 1070. The molecule has 0 saturated heterocycles.